The van der Waals surface area contributed by atoms with Crippen molar-refractivity contribution in [3.8, 4) is 0 Å². The van der Waals surface area contributed by atoms with Gasteiger partial charge in [-0.1, -0.05) is 12.8 Å². The Bertz CT molecular complexity index is 416. The van der Waals surface area contributed by atoms with Crippen LogP contribution < -0.4 is 10.6 Å². The summed E-state index contributed by atoms with van der Waals surface area (Å²) < 4.78 is 11.6. The van der Waals surface area contributed by atoms with Crippen molar-refractivity contribution in [1.29, 1.82) is 0 Å². The fourth-order valence-corrected chi connectivity index (χ4v) is 4.33. The minimum Gasteiger partial charge on any atom is -0.381 e. The third-order valence-corrected chi connectivity index (χ3v) is 6.21. The summed E-state index contributed by atoms with van der Waals surface area (Å²) in [5.74, 6) is 1.63. The molecule has 152 valence electrons. The Labute approximate surface area is 160 Å². The van der Waals surface area contributed by atoms with Gasteiger partial charge in [0.25, 0.3) is 0 Å². The van der Waals surface area contributed by atoms with Crippen molar-refractivity contribution in [3.05, 3.63) is 0 Å². The Balaban J connectivity index is 1.77. The van der Waals surface area contributed by atoms with Crippen molar-refractivity contribution < 1.29 is 9.47 Å². The molecule has 1 atom stereocenters. The highest BCUT2D eigenvalue weighted by Crippen LogP contribution is 2.30. The van der Waals surface area contributed by atoms with Gasteiger partial charge in [-0.05, 0) is 59.0 Å². The Morgan fingerprint density at radius 1 is 1.23 bits per heavy atom. The van der Waals surface area contributed by atoms with Gasteiger partial charge in [-0.15, -0.1) is 0 Å². The first-order chi connectivity index (χ1) is 12.6. The molecule has 0 spiro atoms. The molecule has 1 aliphatic carbocycles. The van der Waals surface area contributed by atoms with E-state index in [1.807, 2.05) is 7.05 Å². The molecule has 0 aromatic rings. The number of ether oxygens (including phenoxy) is 2. The Hall–Kier alpha value is -0.850. The van der Waals surface area contributed by atoms with E-state index >= 15 is 0 Å². The van der Waals surface area contributed by atoms with E-state index in [1.165, 1.54) is 25.7 Å². The Kier molecular flexibility index (Phi) is 9.16. The van der Waals surface area contributed by atoms with Crippen LogP contribution in [-0.4, -0.2) is 76.6 Å². The van der Waals surface area contributed by atoms with Crippen LogP contribution in [0.3, 0.4) is 0 Å². The number of guanidine groups is 1. The van der Waals surface area contributed by atoms with Gasteiger partial charge in [-0.25, -0.2) is 0 Å². The summed E-state index contributed by atoms with van der Waals surface area (Å²) in [5.41, 5.74) is 0.146. The van der Waals surface area contributed by atoms with Crippen molar-refractivity contribution in [1.82, 2.24) is 15.5 Å². The van der Waals surface area contributed by atoms with Gasteiger partial charge in [0.2, 0.25) is 0 Å². The number of hydrogen-bond donors (Lipinski definition) is 2. The summed E-state index contributed by atoms with van der Waals surface area (Å²) in [6.07, 6.45) is 8.91. The van der Waals surface area contributed by atoms with E-state index in [0.29, 0.717) is 6.10 Å². The Morgan fingerprint density at radius 3 is 2.50 bits per heavy atom. The van der Waals surface area contributed by atoms with E-state index in [2.05, 4.69) is 41.5 Å². The van der Waals surface area contributed by atoms with E-state index in [1.54, 1.807) is 0 Å². The minimum absolute atomic E-state index is 0.146. The van der Waals surface area contributed by atoms with E-state index in [4.69, 9.17) is 9.47 Å². The molecule has 1 saturated carbocycles. The second kappa shape index (κ2) is 11.1. The normalized spacial score (nSPS) is 22.6. The molecule has 6 heteroatoms. The molecule has 2 fully saturated rings. The van der Waals surface area contributed by atoms with Gasteiger partial charge in [0.05, 0.1) is 6.10 Å². The lowest BCUT2D eigenvalue weighted by atomic mass is 9.88. The zero-order valence-electron chi connectivity index (χ0n) is 17.4. The fraction of sp³-hybridized carbons (Fsp3) is 0.950. The maximum atomic E-state index is 6.02. The molecule has 0 bridgehead atoms. The first-order valence-electron chi connectivity index (χ1n) is 10.4. The van der Waals surface area contributed by atoms with Gasteiger partial charge in [0, 0.05) is 45.5 Å². The van der Waals surface area contributed by atoms with E-state index in [-0.39, 0.29) is 5.54 Å². The summed E-state index contributed by atoms with van der Waals surface area (Å²) in [6, 6.07) is 0. The molecule has 0 aromatic heterocycles. The summed E-state index contributed by atoms with van der Waals surface area (Å²) in [4.78, 5) is 6.74. The van der Waals surface area contributed by atoms with E-state index < -0.39 is 0 Å². The quantitative estimate of drug-likeness (QED) is 0.483. The zero-order valence-corrected chi connectivity index (χ0v) is 17.4. The van der Waals surface area contributed by atoms with Crippen molar-refractivity contribution >= 4 is 5.96 Å². The summed E-state index contributed by atoms with van der Waals surface area (Å²) in [5, 5.41) is 7.02. The van der Waals surface area contributed by atoms with Crippen LogP contribution in [0.25, 0.3) is 0 Å². The fourth-order valence-electron chi connectivity index (χ4n) is 4.33. The average molecular weight is 369 g/mol. The minimum atomic E-state index is 0.146. The second-order valence-corrected chi connectivity index (χ2v) is 7.91. The van der Waals surface area contributed by atoms with Crippen LogP contribution in [0.5, 0.6) is 0 Å². The van der Waals surface area contributed by atoms with Crippen molar-refractivity contribution in [2.24, 2.45) is 10.9 Å². The number of hydrogen-bond acceptors (Lipinski definition) is 4. The summed E-state index contributed by atoms with van der Waals surface area (Å²) >= 11 is 0. The largest absolute Gasteiger partial charge is 0.381 e. The third-order valence-electron chi connectivity index (χ3n) is 6.21. The maximum Gasteiger partial charge on any atom is 0.191 e. The first-order valence-corrected chi connectivity index (χ1v) is 10.4. The lowest BCUT2D eigenvalue weighted by molar-refractivity contribution is -0.00505. The molecule has 2 aliphatic rings. The van der Waals surface area contributed by atoms with Crippen LogP contribution in [0.1, 0.15) is 51.9 Å². The predicted octanol–water partition coefficient (Wildman–Crippen LogP) is 2.25. The molecule has 0 aromatic carbocycles. The van der Waals surface area contributed by atoms with Crippen molar-refractivity contribution in [3.63, 3.8) is 0 Å². The van der Waals surface area contributed by atoms with Gasteiger partial charge in [0.1, 0.15) is 0 Å². The molecule has 6 nitrogen and oxygen atoms in total. The van der Waals surface area contributed by atoms with Gasteiger partial charge in [0.15, 0.2) is 5.96 Å². The molecule has 1 unspecified atom stereocenters. The predicted molar refractivity (Wildman–Crippen MR) is 108 cm³/mol. The van der Waals surface area contributed by atoms with Crippen molar-refractivity contribution in [2.45, 2.75) is 63.5 Å². The summed E-state index contributed by atoms with van der Waals surface area (Å²) in [7, 11) is 6.17. The molecular weight excluding hydrogens is 328 g/mol. The summed E-state index contributed by atoms with van der Waals surface area (Å²) in [6.45, 7) is 6.37. The average Bonchev–Trinajstić information content (AvgIpc) is 3.19. The molecule has 1 heterocycles. The smallest absolute Gasteiger partial charge is 0.191 e. The number of nitrogens with one attached hydrogen (secondary N) is 2. The van der Waals surface area contributed by atoms with Gasteiger partial charge >= 0.3 is 0 Å². The number of rotatable bonds is 9. The highest BCUT2D eigenvalue weighted by atomic mass is 16.5. The molecule has 26 heavy (non-hydrogen) atoms. The SMILES string of the molecule is CCOC(CCNC(=NC)NCC1(N(C)C)CCOCC1)C1CCCC1. The van der Waals surface area contributed by atoms with Crippen LogP contribution in [-0.2, 0) is 9.47 Å². The molecule has 2 rings (SSSR count). The molecule has 1 saturated heterocycles. The van der Waals surface area contributed by atoms with Crippen LogP contribution in [0.15, 0.2) is 4.99 Å². The van der Waals surface area contributed by atoms with Gasteiger partial charge in [-0.3, -0.25) is 4.99 Å². The molecule has 0 amide bonds. The van der Waals surface area contributed by atoms with Gasteiger partial charge < -0.3 is 25.0 Å². The van der Waals surface area contributed by atoms with Crippen LogP contribution >= 0.6 is 0 Å². The lowest BCUT2D eigenvalue weighted by Crippen LogP contribution is -2.57. The zero-order chi connectivity index (χ0) is 18.8. The lowest BCUT2D eigenvalue weighted by Gasteiger charge is -2.43. The maximum absolute atomic E-state index is 6.02. The highest BCUT2D eigenvalue weighted by molar-refractivity contribution is 5.79. The number of likely N-dealkylation sites (N-methyl/N-ethyl adjacent to an activating group) is 1. The Morgan fingerprint density at radius 2 is 1.92 bits per heavy atom. The number of nitrogens with zero attached hydrogens (tertiary/aromatic N) is 2. The topological polar surface area (TPSA) is 58.1 Å². The van der Waals surface area contributed by atoms with E-state index in [0.717, 1.165) is 64.1 Å². The number of aliphatic imine (C=N–C) groups is 1. The van der Waals surface area contributed by atoms with E-state index in [9.17, 15) is 0 Å². The molecule has 1 aliphatic heterocycles. The van der Waals surface area contributed by atoms with Crippen LogP contribution in [0.4, 0.5) is 0 Å². The van der Waals surface area contributed by atoms with Crippen LogP contribution in [0.2, 0.25) is 0 Å². The standard InChI is InChI=1S/C20H40N4O2/c1-5-26-18(17-8-6-7-9-17)10-13-22-19(21-2)23-16-20(24(3)4)11-14-25-15-12-20/h17-18H,5-16H2,1-4H3,(H2,21,22,23). The third kappa shape index (κ3) is 6.10. The molecule has 0 radical (unpaired) electrons. The van der Waals surface area contributed by atoms with Crippen LogP contribution in [0, 0.1) is 5.92 Å². The van der Waals surface area contributed by atoms with Crippen molar-refractivity contribution in [2.75, 3.05) is 54.1 Å². The monoisotopic (exact) mass is 368 g/mol. The second-order valence-electron chi connectivity index (χ2n) is 7.91. The first kappa shape index (κ1) is 21.5. The molecular formula is C20H40N4O2. The van der Waals surface area contributed by atoms with Gasteiger partial charge in [-0.2, -0.15) is 0 Å². The highest BCUT2D eigenvalue weighted by Gasteiger charge is 2.34. The molecule has 2 N–H and O–H groups in total.